The average Bonchev–Trinajstić information content (AvgIpc) is 2.74. The van der Waals surface area contributed by atoms with Crippen molar-refractivity contribution in [2.45, 2.75) is 87.1 Å². The zero-order chi connectivity index (χ0) is 21.3. The fourth-order valence-corrected chi connectivity index (χ4v) is 7.59. The molecule has 6 nitrogen and oxygen atoms in total. The summed E-state index contributed by atoms with van der Waals surface area (Å²) in [5.74, 6) is 1.56. The van der Waals surface area contributed by atoms with E-state index in [1.807, 2.05) is 0 Å². The molecule has 1 aromatic carbocycles. The lowest BCUT2D eigenvalue weighted by Gasteiger charge is -2.42. The quantitative estimate of drug-likeness (QED) is 0.767. The number of sulfonamides is 1. The second kappa shape index (κ2) is 9.38. The van der Waals surface area contributed by atoms with Gasteiger partial charge in [-0.15, -0.1) is 0 Å². The first-order valence-electron chi connectivity index (χ1n) is 12.2. The molecule has 0 radical (unpaired) electrons. The highest BCUT2D eigenvalue weighted by atomic mass is 32.2. The van der Waals surface area contributed by atoms with E-state index in [4.69, 9.17) is 9.47 Å². The normalized spacial score (nSPS) is 33.0. The van der Waals surface area contributed by atoms with E-state index >= 15 is 0 Å². The van der Waals surface area contributed by atoms with Gasteiger partial charge >= 0.3 is 0 Å². The summed E-state index contributed by atoms with van der Waals surface area (Å²) >= 11 is 0. The van der Waals surface area contributed by atoms with Crippen molar-refractivity contribution in [1.29, 1.82) is 0 Å². The largest absolute Gasteiger partial charge is 0.492 e. The third kappa shape index (κ3) is 4.80. The van der Waals surface area contributed by atoms with Crippen LogP contribution in [0.4, 0.5) is 0 Å². The number of nitrogens with one attached hydrogen (secondary N) is 1. The second-order valence-electron chi connectivity index (χ2n) is 9.76. The highest BCUT2D eigenvalue weighted by Gasteiger charge is 2.39. The van der Waals surface area contributed by atoms with Gasteiger partial charge in [-0.25, -0.2) is 13.1 Å². The van der Waals surface area contributed by atoms with Gasteiger partial charge in [0.25, 0.3) is 0 Å². The first-order valence-corrected chi connectivity index (χ1v) is 13.7. The van der Waals surface area contributed by atoms with Crippen molar-refractivity contribution in [2.75, 3.05) is 26.3 Å². The van der Waals surface area contributed by atoms with Gasteiger partial charge in [0.05, 0.1) is 18.0 Å². The zero-order valence-electron chi connectivity index (χ0n) is 18.4. The first kappa shape index (κ1) is 21.7. The zero-order valence-corrected chi connectivity index (χ0v) is 19.2. The Morgan fingerprint density at radius 1 is 0.935 bits per heavy atom. The average molecular weight is 449 g/mol. The van der Waals surface area contributed by atoms with Gasteiger partial charge in [0.2, 0.25) is 10.0 Å². The van der Waals surface area contributed by atoms with E-state index in [1.54, 1.807) is 0 Å². The van der Waals surface area contributed by atoms with Crippen LogP contribution in [0.1, 0.15) is 69.3 Å². The van der Waals surface area contributed by atoms with Crippen LogP contribution in [0.3, 0.4) is 0 Å². The number of hydrogen-bond acceptors (Lipinski definition) is 5. The van der Waals surface area contributed by atoms with E-state index in [0.29, 0.717) is 19.1 Å². The van der Waals surface area contributed by atoms with Crippen molar-refractivity contribution < 1.29 is 17.9 Å². The molecule has 6 rings (SSSR count). The predicted octanol–water partition coefficient (Wildman–Crippen LogP) is 3.43. The summed E-state index contributed by atoms with van der Waals surface area (Å²) in [4.78, 5) is 2.39. The minimum atomic E-state index is -3.24. The maximum Gasteiger partial charge on any atom is 0.214 e. The van der Waals surface area contributed by atoms with E-state index < -0.39 is 10.0 Å². The van der Waals surface area contributed by atoms with E-state index in [9.17, 15) is 8.42 Å². The molecule has 2 atom stereocenters. The summed E-state index contributed by atoms with van der Waals surface area (Å²) in [5, 5.41) is -0.200. The van der Waals surface area contributed by atoms with Crippen molar-refractivity contribution in [3.8, 4) is 5.75 Å². The third-order valence-electron chi connectivity index (χ3n) is 7.87. The molecule has 7 heteroatoms. The van der Waals surface area contributed by atoms with Crippen LogP contribution < -0.4 is 9.46 Å². The smallest absolute Gasteiger partial charge is 0.214 e. The topological polar surface area (TPSA) is 67.9 Å². The van der Waals surface area contributed by atoms with Gasteiger partial charge in [0, 0.05) is 18.6 Å². The van der Waals surface area contributed by atoms with Crippen LogP contribution in [0, 0.1) is 0 Å². The Hall–Kier alpha value is -1.15. The Morgan fingerprint density at radius 3 is 2.52 bits per heavy atom. The SMILES string of the molecule is O=S(=O)(NC1CCCN2CCOc3ccccc3C3CCC(CC3)OCC12)C1CCC1. The first-order chi connectivity index (χ1) is 15.1. The van der Waals surface area contributed by atoms with E-state index in [-0.39, 0.29) is 23.4 Å². The molecule has 0 spiro atoms. The fraction of sp³-hybridized carbons (Fsp3) is 0.750. The van der Waals surface area contributed by atoms with Gasteiger partial charge in [-0.3, -0.25) is 4.90 Å². The molecule has 31 heavy (non-hydrogen) atoms. The summed E-state index contributed by atoms with van der Waals surface area (Å²) in [6, 6.07) is 8.48. The van der Waals surface area contributed by atoms with Gasteiger partial charge < -0.3 is 9.47 Å². The lowest BCUT2D eigenvalue weighted by atomic mass is 9.82. The molecule has 3 aliphatic heterocycles. The molecule has 1 saturated heterocycles. The highest BCUT2D eigenvalue weighted by Crippen LogP contribution is 2.39. The van der Waals surface area contributed by atoms with Crippen LogP contribution in [-0.4, -0.2) is 63.1 Å². The Labute approximate surface area is 186 Å². The van der Waals surface area contributed by atoms with Crippen LogP contribution >= 0.6 is 0 Å². The molecular formula is C24H36N2O4S. The molecule has 3 fully saturated rings. The summed E-state index contributed by atoms with van der Waals surface area (Å²) in [6.45, 7) is 2.97. The Bertz CT molecular complexity index is 849. The van der Waals surface area contributed by atoms with Crippen LogP contribution in [0.5, 0.6) is 5.75 Å². The number of fused-ring (bicyclic) bond motifs is 5. The van der Waals surface area contributed by atoms with Crippen molar-refractivity contribution in [2.24, 2.45) is 0 Å². The van der Waals surface area contributed by atoms with Gasteiger partial charge in [0.1, 0.15) is 12.4 Å². The number of para-hydroxylation sites is 1. The molecule has 3 heterocycles. The van der Waals surface area contributed by atoms with E-state index in [0.717, 1.165) is 76.6 Å². The van der Waals surface area contributed by atoms with Crippen molar-refractivity contribution in [1.82, 2.24) is 9.62 Å². The third-order valence-corrected chi connectivity index (χ3v) is 9.85. The Kier molecular flexibility index (Phi) is 6.56. The minimum Gasteiger partial charge on any atom is -0.492 e. The lowest BCUT2D eigenvalue weighted by Crippen LogP contribution is -2.59. The summed E-state index contributed by atoms with van der Waals surface area (Å²) < 4.78 is 41.5. The van der Waals surface area contributed by atoms with Gasteiger partial charge in [0.15, 0.2) is 0 Å². The molecule has 0 aromatic heterocycles. The van der Waals surface area contributed by atoms with Gasteiger partial charge in [-0.1, -0.05) is 24.6 Å². The predicted molar refractivity (Wildman–Crippen MR) is 121 cm³/mol. The summed E-state index contributed by atoms with van der Waals surface area (Å²) in [7, 11) is -3.24. The number of piperidine rings is 1. The van der Waals surface area contributed by atoms with Crippen molar-refractivity contribution in [3.05, 3.63) is 29.8 Å². The number of nitrogens with zero attached hydrogens (tertiary/aromatic N) is 1. The molecule has 172 valence electrons. The molecule has 2 saturated carbocycles. The van der Waals surface area contributed by atoms with Crippen LogP contribution in [0.15, 0.2) is 24.3 Å². The van der Waals surface area contributed by atoms with Gasteiger partial charge in [-0.05, 0) is 75.5 Å². The van der Waals surface area contributed by atoms with E-state index in [2.05, 4.69) is 33.9 Å². The van der Waals surface area contributed by atoms with Crippen LogP contribution in [0.2, 0.25) is 0 Å². The van der Waals surface area contributed by atoms with Crippen LogP contribution in [-0.2, 0) is 14.8 Å². The standard InChI is InChI=1S/C24H36N2O4S/c27-31(28,20-5-3-6-20)25-22-8-4-14-26-15-16-29-24-9-2-1-7-21(24)18-10-12-19(13-11-18)30-17-23(22)26/h1-2,7,9,18-20,22-23,25H,3-6,8,10-17H2. The maximum absolute atomic E-state index is 12.8. The number of rotatable bonds is 3. The molecule has 0 amide bonds. The summed E-state index contributed by atoms with van der Waals surface area (Å²) in [5.41, 5.74) is 1.33. The van der Waals surface area contributed by atoms with E-state index in [1.165, 1.54) is 5.56 Å². The highest BCUT2D eigenvalue weighted by molar-refractivity contribution is 7.90. The molecule has 2 aliphatic carbocycles. The number of ether oxygens (including phenoxy) is 2. The number of benzene rings is 1. The molecule has 5 aliphatic rings. The van der Waals surface area contributed by atoms with Crippen molar-refractivity contribution >= 4 is 10.0 Å². The molecular weight excluding hydrogens is 412 g/mol. The Balaban J connectivity index is 1.34. The lowest BCUT2D eigenvalue weighted by molar-refractivity contribution is -0.0284. The second-order valence-corrected chi connectivity index (χ2v) is 11.8. The van der Waals surface area contributed by atoms with Crippen molar-refractivity contribution in [3.63, 3.8) is 0 Å². The van der Waals surface area contributed by atoms with Crippen LogP contribution in [0.25, 0.3) is 0 Å². The molecule has 1 aromatic rings. The Morgan fingerprint density at radius 2 is 1.74 bits per heavy atom. The molecule has 2 bridgehead atoms. The fourth-order valence-electron chi connectivity index (χ4n) is 5.75. The van der Waals surface area contributed by atoms with Gasteiger partial charge in [-0.2, -0.15) is 0 Å². The summed E-state index contributed by atoms with van der Waals surface area (Å²) in [6.07, 6.45) is 9.13. The molecule has 1 N–H and O–H groups in total. The molecule has 2 unspecified atom stereocenters. The monoisotopic (exact) mass is 448 g/mol. The number of hydrogen-bond donors (Lipinski definition) is 1. The maximum atomic E-state index is 12.8. The minimum absolute atomic E-state index is 0.0703.